The number of likely N-dealkylation sites (tertiary alicyclic amines) is 1. The molecule has 72 heavy (non-hydrogen) atoms. The molecule has 7 amide bonds. The van der Waals surface area contributed by atoms with Gasteiger partial charge in [0.25, 0.3) is 11.8 Å². The van der Waals surface area contributed by atoms with Gasteiger partial charge in [0.2, 0.25) is 17.7 Å². The highest BCUT2D eigenvalue weighted by atomic mass is 33.1. The van der Waals surface area contributed by atoms with E-state index >= 15 is 4.39 Å². The number of nitrogens with one attached hydrogen (secondary N) is 3. The minimum absolute atomic E-state index is 0.0173. The normalized spacial score (nSPS) is 19.8. The third-order valence-electron chi connectivity index (χ3n) is 13.3. The van der Waals surface area contributed by atoms with Gasteiger partial charge in [-0.2, -0.15) is 5.10 Å². The molecular weight excluding hydrogens is 966 g/mol. The van der Waals surface area contributed by atoms with Crippen molar-refractivity contribution in [2.24, 2.45) is 16.9 Å². The highest BCUT2D eigenvalue weighted by Gasteiger charge is 2.52. The van der Waals surface area contributed by atoms with Gasteiger partial charge in [0.05, 0.1) is 18.7 Å². The second-order valence-corrected chi connectivity index (χ2v) is 22.3. The number of amides is 7. The van der Waals surface area contributed by atoms with Crippen LogP contribution in [0.25, 0.3) is 0 Å². The molecule has 0 radical (unpaired) electrons. The highest BCUT2D eigenvalue weighted by molar-refractivity contribution is 8.77. The van der Waals surface area contributed by atoms with Crippen LogP contribution >= 0.6 is 21.6 Å². The number of halogens is 1. The second kappa shape index (κ2) is 25.1. The maximum absolute atomic E-state index is 15.1. The largest absolute Gasteiger partial charge is 0.494 e. The number of urea groups is 1. The van der Waals surface area contributed by atoms with Gasteiger partial charge in [-0.05, 0) is 99.5 Å². The van der Waals surface area contributed by atoms with Crippen molar-refractivity contribution in [3.63, 3.8) is 0 Å². The van der Waals surface area contributed by atoms with Gasteiger partial charge in [0.1, 0.15) is 11.6 Å². The predicted molar refractivity (Wildman–Crippen MR) is 272 cm³/mol. The number of ether oxygens (including phenoxy) is 1. The topological polar surface area (TPSA) is 212 Å². The molecule has 3 aromatic rings. The van der Waals surface area contributed by atoms with Gasteiger partial charge < -0.3 is 30.0 Å². The Morgan fingerprint density at radius 1 is 0.917 bits per heavy atom. The molecule has 3 saturated heterocycles. The number of anilines is 1. The van der Waals surface area contributed by atoms with Gasteiger partial charge >= 0.3 is 12.0 Å². The average Bonchev–Trinajstić information content (AvgIpc) is 3.96. The van der Waals surface area contributed by atoms with Crippen molar-refractivity contribution in [2.45, 2.75) is 102 Å². The fourth-order valence-electron chi connectivity index (χ4n) is 9.15. The fourth-order valence-corrected chi connectivity index (χ4v) is 11.6. The summed E-state index contributed by atoms with van der Waals surface area (Å²) in [5.41, 5.74) is 5.77. The van der Waals surface area contributed by atoms with E-state index in [1.807, 2.05) is 37.8 Å². The van der Waals surface area contributed by atoms with Crippen molar-refractivity contribution in [3.8, 4) is 5.75 Å². The number of carbonyl (C=O) groups is 7. The lowest BCUT2D eigenvalue weighted by Gasteiger charge is -2.42. The molecule has 0 spiro atoms. The van der Waals surface area contributed by atoms with E-state index in [0.29, 0.717) is 78.6 Å². The summed E-state index contributed by atoms with van der Waals surface area (Å²) in [7, 11) is 3.14. The summed E-state index contributed by atoms with van der Waals surface area (Å²) in [5, 5.41) is 10.5. The van der Waals surface area contributed by atoms with Gasteiger partial charge in [-0.3, -0.25) is 33.9 Å². The van der Waals surface area contributed by atoms with Crippen molar-refractivity contribution in [3.05, 3.63) is 89.5 Å². The van der Waals surface area contributed by atoms with Crippen LogP contribution in [-0.2, 0) is 40.1 Å². The van der Waals surface area contributed by atoms with E-state index in [-0.39, 0.29) is 80.3 Å². The molecule has 386 valence electrons. The summed E-state index contributed by atoms with van der Waals surface area (Å²) in [6.07, 6.45) is 6.12. The number of hydroxylamine groups is 2. The van der Waals surface area contributed by atoms with Crippen LogP contribution in [0.2, 0.25) is 0 Å². The molecule has 3 atom stereocenters. The first-order valence-electron chi connectivity index (χ1n) is 24.5. The molecule has 0 bridgehead atoms. The SMILES string of the molecule is C/C(=N\NC(=O)CC(C)(C)SSCCC(=O)N1CCN(C2CCN(C(=O)NCc3ccc(NC(=O)[C@H]4[C@H](C)[C@@H]4c4cccnc4)cc3F)CC2)CC1)c1ccc(OCCCC(=O)ON2C(=O)CCC2=O)cc1. The van der Waals surface area contributed by atoms with Crippen molar-refractivity contribution in [1.29, 1.82) is 0 Å². The maximum Gasteiger partial charge on any atom is 0.333 e. The summed E-state index contributed by atoms with van der Waals surface area (Å²) in [5.74, 6) is -1.23. The molecule has 2 aromatic carbocycles. The molecule has 1 aromatic heterocycles. The predicted octanol–water partition coefficient (Wildman–Crippen LogP) is 6.27. The summed E-state index contributed by atoms with van der Waals surface area (Å²) in [6.45, 7) is 12.0. The monoisotopic (exact) mass is 1030 g/mol. The molecule has 3 N–H and O–H groups in total. The number of nitrogens with zero attached hydrogens (tertiary/aromatic N) is 6. The average molecular weight is 1030 g/mol. The van der Waals surface area contributed by atoms with E-state index in [1.165, 1.54) is 6.07 Å². The molecule has 0 unspecified atom stereocenters. The lowest BCUT2D eigenvalue weighted by atomic mass is 10.0. The van der Waals surface area contributed by atoms with E-state index in [0.717, 1.165) is 37.1 Å². The number of hydrazone groups is 1. The first-order valence-corrected chi connectivity index (χ1v) is 26.8. The highest BCUT2D eigenvalue weighted by Crippen LogP contribution is 2.54. The van der Waals surface area contributed by atoms with E-state index in [2.05, 4.69) is 31.0 Å². The van der Waals surface area contributed by atoms with E-state index in [4.69, 9.17) is 9.57 Å². The van der Waals surface area contributed by atoms with E-state index < -0.39 is 28.3 Å². The summed E-state index contributed by atoms with van der Waals surface area (Å²) < 4.78 is 20.4. The van der Waals surface area contributed by atoms with Crippen LogP contribution < -0.4 is 20.8 Å². The van der Waals surface area contributed by atoms with Gasteiger partial charge in [0.15, 0.2) is 0 Å². The number of piperidine rings is 1. The Morgan fingerprint density at radius 3 is 2.32 bits per heavy atom. The Morgan fingerprint density at radius 2 is 1.64 bits per heavy atom. The number of rotatable bonds is 21. The first kappa shape index (κ1) is 53.7. The van der Waals surface area contributed by atoms with Gasteiger partial charge in [-0.15, -0.1) is 5.06 Å². The van der Waals surface area contributed by atoms with Crippen molar-refractivity contribution in [1.82, 2.24) is 35.5 Å². The summed E-state index contributed by atoms with van der Waals surface area (Å²) in [6, 6.07) is 15.6. The lowest BCUT2D eigenvalue weighted by molar-refractivity contribution is -0.197. The molecule has 18 nitrogen and oxygen atoms in total. The van der Waals surface area contributed by atoms with Crippen molar-refractivity contribution in [2.75, 3.05) is 56.9 Å². The minimum atomic E-state index is -0.679. The smallest absolute Gasteiger partial charge is 0.333 e. The van der Waals surface area contributed by atoms with Crippen LogP contribution in [-0.4, -0.2) is 134 Å². The number of hydrogen-bond donors (Lipinski definition) is 3. The molecule has 1 saturated carbocycles. The van der Waals surface area contributed by atoms with Crippen molar-refractivity contribution < 1.29 is 47.5 Å². The standard InChI is InChI=1S/C51H64FN9O9S2/c1-33-47(37-7-5-20-53-31-37)48(33)49(67)55-38-12-9-36(41(52)29-38)32-54-50(68)60-21-17-39(18-22-60)58-23-25-59(26-24-58)43(63)19-28-71-72-51(3,4)30-42(62)57-56-34(2)35-10-13-40(14-11-35)69-27-6-8-46(66)70-61-44(64)15-16-45(61)65/h5,7,9-14,20,29,31,33,39,47-48H,6,8,15-19,21-28,30,32H2,1-4H3,(H,54,68)(H,55,67)(H,57,62)/b56-34+/t33-,47-,48+/m1/s1. The van der Waals surface area contributed by atoms with E-state index in [1.54, 1.807) is 82.2 Å². The number of imide groups is 1. The quantitative estimate of drug-likeness (QED) is 0.0353. The van der Waals surface area contributed by atoms with Crippen LogP contribution in [0.15, 0.2) is 72.1 Å². The zero-order valence-electron chi connectivity index (χ0n) is 41.2. The minimum Gasteiger partial charge on any atom is -0.494 e. The lowest BCUT2D eigenvalue weighted by Crippen LogP contribution is -2.55. The zero-order valence-corrected chi connectivity index (χ0v) is 42.9. The molecule has 4 fully saturated rings. The van der Waals surface area contributed by atoms with Gasteiger partial charge in [-0.1, -0.05) is 40.6 Å². The van der Waals surface area contributed by atoms with Crippen LogP contribution in [0, 0.1) is 17.7 Å². The zero-order chi connectivity index (χ0) is 51.4. The Kier molecular flexibility index (Phi) is 18.7. The number of hydrogen-bond acceptors (Lipinski definition) is 14. The number of pyridine rings is 1. The summed E-state index contributed by atoms with van der Waals surface area (Å²) in [4.78, 5) is 102. The number of piperazine rings is 1. The molecular formula is C51H64FN9O9S2. The molecule has 4 aliphatic rings. The van der Waals surface area contributed by atoms with Crippen LogP contribution in [0.4, 0.5) is 14.9 Å². The second-order valence-electron chi connectivity index (χ2n) is 19.1. The molecule has 7 rings (SSSR count). The maximum atomic E-state index is 15.1. The molecule has 21 heteroatoms. The first-order chi connectivity index (χ1) is 34.5. The van der Waals surface area contributed by atoms with Crippen molar-refractivity contribution >= 4 is 74.5 Å². The van der Waals surface area contributed by atoms with Crippen LogP contribution in [0.5, 0.6) is 5.75 Å². The molecule has 1 aliphatic carbocycles. The Bertz CT molecular complexity index is 2450. The molecule has 4 heterocycles. The Balaban J connectivity index is 0.716. The Labute approximate surface area is 427 Å². The van der Waals surface area contributed by atoms with E-state index in [9.17, 15) is 33.6 Å². The summed E-state index contributed by atoms with van der Waals surface area (Å²) >= 11 is 0. The Hall–Kier alpha value is -6.06. The number of aromatic nitrogens is 1. The van der Waals surface area contributed by atoms with Crippen LogP contribution in [0.3, 0.4) is 0 Å². The third kappa shape index (κ3) is 15.0. The number of carbonyl (C=O) groups excluding carboxylic acids is 7. The number of benzene rings is 2. The van der Waals surface area contributed by atoms with Crippen LogP contribution in [0.1, 0.15) is 102 Å². The fraction of sp³-hybridized carbons (Fsp3) is 0.510. The third-order valence-corrected chi connectivity index (χ3v) is 16.6. The van der Waals surface area contributed by atoms with Gasteiger partial charge in [-0.25, -0.2) is 19.4 Å². The molecule has 3 aliphatic heterocycles. The van der Waals surface area contributed by atoms with Gasteiger partial charge in [0, 0.05) is 124 Å².